The smallest absolute Gasteiger partial charge is 0.123 e. The van der Waals surface area contributed by atoms with Crippen molar-refractivity contribution in [2.75, 3.05) is 45.9 Å². The molecule has 0 aliphatic carbocycles. The van der Waals surface area contributed by atoms with Gasteiger partial charge in [-0.15, -0.1) is 0 Å². The molecule has 2 aliphatic heterocycles. The van der Waals surface area contributed by atoms with E-state index in [1.807, 2.05) is 12.1 Å². The van der Waals surface area contributed by atoms with Crippen LogP contribution in [-0.2, 0) is 0 Å². The third kappa shape index (κ3) is 5.86. The second-order valence-corrected chi connectivity index (χ2v) is 8.48. The van der Waals surface area contributed by atoms with Gasteiger partial charge in [0.1, 0.15) is 5.82 Å². The van der Waals surface area contributed by atoms with E-state index >= 15 is 0 Å². The lowest BCUT2D eigenvalue weighted by Crippen LogP contribution is -2.58. The minimum atomic E-state index is -0.195. The van der Waals surface area contributed by atoms with Crippen LogP contribution < -0.4 is 0 Å². The fourth-order valence-corrected chi connectivity index (χ4v) is 4.63. The maximum absolute atomic E-state index is 13.0. The number of hydrogen-bond acceptors (Lipinski definition) is 4. The van der Waals surface area contributed by atoms with Crippen LogP contribution in [0.5, 0.6) is 0 Å². The molecule has 3 rings (SSSR count). The molecule has 5 heteroatoms. The second-order valence-electron chi connectivity index (χ2n) is 8.48. The van der Waals surface area contributed by atoms with Gasteiger partial charge in [0, 0.05) is 50.9 Å². The van der Waals surface area contributed by atoms with E-state index in [0.717, 1.165) is 38.2 Å². The Morgan fingerprint density at radius 3 is 2.46 bits per heavy atom. The molecule has 1 atom stereocenters. The van der Waals surface area contributed by atoms with Crippen LogP contribution in [0.4, 0.5) is 4.39 Å². The van der Waals surface area contributed by atoms with Crippen LogP contribution in [0.3, 0.4) is 0 Å². The Kier molecular flexibility index (Phi) is 8.03. The number of piperazine rings is 1. The molecule has 2 aliphatic rings. The number of nitrogens with zero attached hydrogens (tertiary/aromatic N) is 3. The lowest BCUT2D eigenvalue weighted by molar-refractivity contribution is 0.00552. The molecule has 2 fully saturated rings. The summed E-state index contributed by atoms with van der Waals surface area (Å²) in [5.41, 5.74) is 1.03. The normalized spacial score (nSPS) is 23.8. The van der Waals surface area contributed by atoms with E-state index in [4.69, 9.17) is 0 Å². The maximum atomic E-state index is 13.0. The van der Waals surface area contributed by atoms with E-state index in [1.54, 1.807) is 0 Å². The largest absolute Gasteiger partial charge is 0.396 e. The van der Waals surface area contributed by atoms with Crippen molar-refractivity contribution < 1.29 is 9.50 Å². The molecule has 2 heterocycles. The zero-order valence-corrected chi connectivity index (χ0v) is 17.4. The number of rotatable bonds is 7. The lowest BCUT2D eigenvalue weighted by Gasteiger charge is -2.48. The Bertz CT molecular complexity index is 611. The molecule has 0 bridgehead atoms. The molecule has 1 aromatic carbocycles. The molecule has 0 radical (unpaired) electrons. The number of aliphatic hydroxyl groups excluding tert-OH is 1. The third-order valence-electron chi connectivity index (χ3n) is 6.32. The monoisotopic (exact) mass is 389 g/mol. The summed E-state index contributed by atoms with van der Waals surface area (Å²) in [6.45, 7) is 11.3. The molecule has 1 N–H and O–H groups in total. The number of halogens is 1. The molecule has 2 saturated heterocycles. The summed E-state index contributed by atoms with van der Waals surface area (Å²) in [6.07, 6.45) is 7.56. The topological polar surface area (TPSA) is 30.0 Å². The van der Waals surface area contributed by atoms with Gasteiger partial charge in [-0.2, -0.15) is 0 Å². The van der Waals surface area contributed by atoms with Gasteiger partial charge >= 0.3 is 0 Å². The molecule has 0 aromatic heterocycles. The summed E-state index contributed by atoms with van der Waals surface area (Å²) < 4.78 is 13.0. The first-order valence-electron chi connectivity index (χ1n) is 10.8. The standard InChI is InChI=1S/C23H36FN3O/c1-19(2)26-13-9-22(10-14-26)27-16-15-25(18-23(27)11-17-28)12-3-4-20-5-7-21(24)8-6-20/h3-8,19,22-23,28H,9-18H2,1-2H3/b4-3+/t23-/m1/s1. The van der Waals surface area contributed by atoms with Crippen molar-refractivity contribution in [2.24, 2.45) is 0 Å². The second kappa shape index (κ2) is 10.5. The summed E-state index contributed by atoms with van der Waals surface area (Å²) >= 11 is 0. The summed E-state index contributed by atoms with van der Waals surface area (Å²) in [7, 11) is 0. The van der Waals surface area contributed by atoms with Gasteiger partial charge in [-0.05, 0) is 63.9 Å². The van der Waals surface area contributed by atoms with Crippen molar-refractivity contribution in [3.63, 3.8) is 0 Å². The van der Waals surface area contributed by atoms with E-state index in [1.165, 1.54) is 38.1 Å². The highest BCUT2D eigenvalue weighted by Crippen LogP contribution is 2.24. The van der Waals surface area contributed by atoms with Gasteiger partial charge in [0.25, 0.3) is 0 Å². The zero-order valence-electron chi connectivity index (χ0n) is 17.4. The molecule has 28 heavy (non-hydrogen) atoms. The fourth-order valence-electron chi connectivity index (χ4n) is 4.63. The van der Waals surface area contributed by atoms with Gasteiger partial charge in [-0.25, -0.2) is 4.39 Å². The van der Waals surface area contributed by atoms with Gasteiger partial charge < -0.3 is 10.0 Å². The van der Waals surface area contributed by atoms with E-state index in [0.29, 0.717) is 18.1 Å². The highest BCUT2D eigenvalue weighted by atomic mass is 19.1. The van der Waals surface area contributed by atoms with Crippen LogP contribution in [0.15, 0.2) is 30.3 Å². The van der Waals surface area contributed by atoms with Gasteiger partial charge in [0.05, 0.1) is 0 Å². The van der Waals surface area contributed by atoms with Crippen LogP contribution in [0.2, 0.25) is 0 Å². The number of benzene rings is 1. The molecular weight excluding hydrogens is 353 g/mol. The molecule has 1 aromatic rings. The predicted octanol–water partition coefficient (Wildman–Crippen LogP) is 3.08. The van der Waals surface area contributed by atoms with Crippen molar-refractivity contribution in [3.8, 4) is 0 Å². The average Bonchev–Trinajstić information content (AvgIpc) is 2.70. The SMILES string of the molecule is CC(C)N1CCC(N2CCN(C/C=C/c3ccc(F)cc3)C[C@H]2CCO)CC1. The Morgan fingerprint density at radius 1 is 1.11 bits per heavy atom. The first-order valence-corrected chi connectivity index (χ1v) is 10.8. The zero-order chi connectivity index (χ0) is 19.9. The predicted molar refractivity (Wildman–Crippen MR) is 114 cm³/mol. The van der Waals surface area contributed by atoms with Crippen molar-refractivity contribution in [1.82, 2.24) is 14.7 Å². The molecule has 4 nitrogen and oxygen atoms in total. The van der Waals surface area contributed by atoms with E-state index in [9.17, 15) is 9.50 Å². The number of aliphatic hydroxyl groups is 1. The van der Waals surface area contributed by atoms with Crippen LogP contribution in [0.25, 0.3) is 6.08 Å². The Balaban J connectivity index is 1.51. The number of hydrogen-bond donors (Lipinski definition) is 1. The van der Waals surface area contributed by atoms with Crippen molar-refractivity contribution in [2.45, 2.75) is 51.2 Å². The van der Waals surface area contributed by atoms with Crippen LogP contribution in [0, 0.1) is 5.82 Å². The number of likely N-dealkylation sites (tertiary alicyclic amines) is 1. The van der Waals surface area contributed by atoms with Gasteiger partial charge in [0.15, 0.2) is 0 Å². The van der Waals surface area contributed by atoms with E-state index < -0.39 is 0 Å². The maximum Gasteiger partial charge on any atom is 0.123 e. The van der Waals surface area contributed by atoms with Crippen molar-refractivity contribution >= 4 is 6.08 Å². The molecular formula is C23H36FN3O. The highest BCUT2D eigenvalue weighted by molar-refractivity contribution is 5.48. The average molecular weight is 390 g/mol. The Labute approximate surface area is 169 Å². The number of piperidine rings is 1. The van der Waals surface area contributed by atoms with E-state index in [-0.39, 0.29) is 12.4 Å². The molecule has 0 unspecified atom stereocenters. The highest BCUT2D eigenvalue weighted by Gasteiger charge is 2.33. The van der Waals surface area contributed by atoms with Crippen LogP contribution >= 0.6 is 0 Å². The van der Waals surface area contributed by atoms with Crippen LogP contribution in [-0.4, -0.2) is 83.8 Å². The molecule has 0 spiro atoms. The van der Waals surface area contributed by atoms with Crippen molar-refractivity contribution in [3.05, 3.63) is 41.7 Å². The molecule has 156 valence electrons. The third-order valence-corrected chi connectivity index (χ3v) is 6.32. The summed E-state index contributed by atoms with van der Waals surface area (Å²) in [6, 6.07) is 8.35. The summed E-state index contributed by atoms with van der Waals surface area (Å²) in [5.74, 6) is -0.195. The van der Waals surface area contributed by atoms with E-state index in [2.05, 4.69) is 40.7 Å². The minimum absolute atomic E-state index is 0.195. The fraction of sp³-hybridized carbons (Fsp3) is 0.652. The summed E-state index contributed by atoms with van der Waals surface area (Å²) in [5, 5.41) is 9.58. The molecule has 0 saturated carbocycles. The van der Waals surface area contributed by atoms with Gasteiger partial charge in [-0.3, -0.25) is 9.80 Å². The quantitative estimate of drug-likeness (QED) is 0.776. The Hall–Kier alpha value is -1.27. The first-order chi connectivity index (χ1) is 13.6. The summed E-state index contributed by atoms with van der Waals surface area (Å²) in [4.78, 5) is 7.72. The minimum Gasteiger partial charge on any atom is -0.396 e. The van der Waals surface area contributed by atoms with Gasteiger partial charge in [-0.1, -0.05) is 24.3 Å². The first kappa shape index (κ1) is 21.4. The lowest BCUT2D eigenvalue weighted by atomic mass is 9.97. The van der Waals surface area contributed by atoms with Gasteiger partial charge in [0.2, 0.25) is 0 Å². The molecule has 0 amide bonds. The van der Waals surface area contributed by atoms with Crippen molar-refractivity contribution in [1.29, 1.82) is 0 Å². The Morgan fingerprint density at radius 2 is 1.82 bits per heavy atom. The van der Waals surface area contributed by atoms with Crippen LogP contribution in [0.1, 0.15) is 38.7 Å².